The Labute approximate surface area is 124 Å². The van der Waals surface area contributed by atoms with Crippen LogP contribution in [0.5, 0.6) is 0 Å². The van der Waals surface area contributed by atoms with Gasteiger partial charge in [0.2, 0.25) is 5.91 Å². The van der Waals surface area contributed by atoms with Gasteiger partial charge >= 0.3 is 0 Å². The Bertz CT molecular complexity index is 626. The fourth-order valence-electron chi connectivity index (χ4n) is 1.99. The molecule has 2 aromatic rings. The number of amides is 1. The van der Waals surface area contributed by atoms with Crippen molar-refractivity contribution in [3.05, 3.63) is 58.4 Å². The standard InChI is InChI=1S/C16H17ClN2O/c1-11-9-14(16(17)18-10-11)19-15(20)8-7-13-6-4-3-5-12(13)2/h3-6,9-10H,7-8H2,1-2H3,(H,19,20). The number of aromatic nitrogens is 1. The Balaban J connectivity index is 1.96. The van der Waals surface area contributed by atoms with Crippen LogP contribution >= 0.6 is 11.6 Å². The number of aryl methyl sites for hydroxylation is 3. The summed E-state index contributed by atoms with van der Waals surface area (Å²) < 4.78 is 0. The molecule has 1 aromatic carbocycles. The van der Waals surface area contributed by atoms with Crippen molar-refractivity contribution in [1.82, 2.24) is 4.98 Å². The molecule has 104 valence electrons. The first-order chi connectivity index (χ1) is 9.56. The SMILES string of the molecule is Cc1cnc(Cl)c(NC(=O)CCc2ccccc2C)c1. The van der Waals surface area contributed by atoms with Crippen molar-refractivity contribution in [3.63, 3.8) is 0 Å². The predicted molar refractivity (Wildman–Crippen MR) is 82.1 cm³/mol. The second kappa shape index (κ2) is 6.53. The molecule has 0 atom stereocenters. The van der Waals surface area contributed by atoms with Crippen LogP contribution in [0.2, 0.25) is 5.15 Å². The van der Waals surface area contributed by atoms with Gasteiger partial charge in [0.05, 0.1) is 5.69 Å². The van der Waals surface area contributed by atoms with Gasteiger partial charge < -0.3 is 5.32 Å². The number of hydrogen-bond donors (Lipinski definition) is 1. The Hall–Kier alpha value is -1.87. The van der Waals surface area contributed by atoms with Gasteiger partial charge in [-0.15, -0.1) is 0 Å². The molecule has 0 unspecified atom stereocenters. The second-order valence-corrected chi connectivity index (χ2v) is 5.18. The molecule has 20 heavy (non-hydrogen) atoms. The first kappa shape index (κ1) is 14.5. The lowest BCUT2D eigenvalue weighted by molar-refractivity contribution is -0.116. The van der Waals surface area contributed by atoms with E-state index in [0.717, 1.165) is 12.0 Å². The smallest absolute Gasteiger partial charge is 0.224 e. The lowest BCUT2D eigenvalue weighted by Gasteiger charge is -2.08. The zero-order valence-corrected chi connectivity index (χ0v) is 12.4. The molecule has 1 aromatic heterocycles. The van der Waals surface area contributed by atoms with E-state index < -0.39 is 0 Å². The summed E-state index contributed by atoms with van der Waals surface area (Å²) in [6.45, 7) is 3.96. The molecular formula is C16H17ClN2O. The van der Waals surface area contributed by atoms with Crippen LogP contribution < -0.4 is 5.32 Å². The van der Waals surface area contributed by atoms with Gasteiger partial charge in [0.15, 0.2) is 5.15 Å². The number of anilines is 1. The predicted octanol–water partition coefficient (Wildman–Crippen LogP) is 3.92. The summed E-state index contributed by atoms with van der Waals surface area (Å²) in [5, 5.41) is 3.13. The highest BCUT2D eigenvalue weighted by Crippen LogP contribution is 2.20. The maximum Gasteiger partial charge on any atom is 0.224 e. The van der Waals surface area contributed by atoms with Gasteiger partial charge in [-0.1, -0.05) is 35.9 Å². The molecule has 0 fully saturated rings. The lowest BCUT2D eigenvalue weighted by Crippen LogP contribution is -2.13. The molecule has 0 radical (unpaired) electrons. The van der Waals surface area contributed by atoms with Crippen molar-refractivity contribution < 1.29 is 4.79 Å². The van der Waals surface area contributed by atoms with Crippen LogP contribution in [-0.2, 0) is 11.2 Å². The molecule has 2 rings (SSSR count). The first-order valence-corrected chi connectivity index (χ1v) is 6.90. The third-order valence-electron chi connectivity index (χ3n) is 3.13. The summed E-state index contributed by atoms with van der Waals surface area (Å²) in [6, 6.07) is 9.90. The monoisotopic (exact) mass is 288 g/mol. The molecule has 3 nitrogen and oxygen atoms in total. The van der Waals surface area contributed by atoms with Gasteiger partial charge in [-0.05, 0) is 43.0 Å². The summed E-state index contributed by atoms with van der Waals surface area (Å²) in [6.07, 6.45) is 2.82. The van der Waals surface area contributed by atoms with E-state index in [-0.39, 0.29) is 5.91 Å². The molecule has 0 aliphatic heterocycles. The van der Waals surface area contributed by atoms with E-state index in [2.05, 4.69) is 23.3 Å². The maximum atomic E-state index is 12.0. The van der Waals surface area contributed by atoms with Crippen molar-refractivity contribution in [1.29, 1.82) is 0 Å². The Morgan fingerprint density at radius 1 is 1.30 bits per heavy atom. The van der Waals surface area contributed by atoms with Crippen molar-refractivity contribution in [3.8, 4) is 0 Å². The van der Waals surface area contributed by atoms with E-state index in [1.807, 2.05) is 31.2 Å². The van der Waals surface area contributed by atoms with Crippen molar-refractivity contribution >= 4 is 23.2 Å². The summed E-state index contributed by atoms with van der Waals surface area (Å²) in [5.41, 5.74) is 3.93. The highest BCUT2D eigenvalue weighted by Gasteiger charge is 2.08. The minimum absolute atomic E-state index is 0.0532. The molecule has 0 aliphatic rings. The van der Waals surface area contributed by atoms with Gasteiger partial charge in [-0.3, -0.25) is 4.79 Å². The van der Waals surface area contributed by atoms with E-state index in [0.29, 0.717) is 17.3 Å². The van der Waals surface area contributed by atoms with Gasteiger partial charge in [0.1, 0.15) is 0 Å². The number of benzene rings is 1. The van der Waals surface area contributed by atoms with Crippen LogP contribution in [0.3, 0.4) is 0 Å². The first-order valence-electron chi connectivity index (χ1n) is 6.53. The highest BCUT2D eigenvalue weighted by molar-refractivity contribution is 6.32. The van der Waals surface area contributed by atoms with Gasteiger partial charge in [0.25, 0.3) is 0 Å². The highest BCUT2D eigenvalue weighted by atomic mass is 35.5. The molecule has 0 spiro atoms. The van der Waals surface area contributed by atoms with Crippen molar-refractivity contribution in [2.45, 2.75) is 26.7 Å². The molecule has 4 heteroatoms. The molecule has 1 heterocycles. The van der Waals surface area contributed by atoms with Crippen LogP contribution in [-0.4, -0.2) is 10.9 Å². The van der Waals surface area contributed by atoms with E-state index in [9.17, 15) is 4.79 Å². The van der Waals surface area contributed by atoms with Crippen LogP contribution in [0, 0.1) is 13.8 Å². The molecule has 1 amide bonds. The van der Waals surface area contributed by atoms with Gasteiger partial charge in [-0.25, -0.2) is 4.98 Å². The Kier molecular flexibility index (Phi) is 4.74. The quantitative estimate of drug-likeness (QED) is 0.866. The van der Waals surface area contributed by atoms with Gasteiger partial charge in [0, 0.05) is 12.6 Å². The fraction of sp³-hybridized carbons (Fsp3) is 0.250. The van der Waals surface area contributed by atoms with Crippen molar-refractivity contribution in [2.75, 3.05) is 5.32 Å². The minimum Gasteiger partial charge on any atom is -0.323 e. The van der Waals surface area contributed by atoms with Gasteiger partial charge in [-0.2, -0.15) is 0 Å². The molecule has 0 bridgehead atoms. The third kappa shape index (κ3) is 3.81. The summed E-state index contributed by atoms with van der Waals surface area (Å²) in [4.78, 5) is 16.0. The molecule has 0 saturated heterocycles. The van der Waals surface area contributed by atoms with Crippen LogP contribution in [0.25, 0.3) is 0 Å². The minimum atomic E-state index is -0.0532. The van der Waals surface area contributed by atoms with E-state index in [1.54, 1.807) is 6.20 Å². The third-order valence-corrected chi connectivity index (χ3v) is 3.43. The molecule has 0 aliphatic carbocycles. The number of halogens is 1. The van der Waals surface area contributed by atoms with Crippen molar-refractivity contribution in [2.24, 2.45) is 0 Å². The number of nitrogens with one attached hydrogen (secondary N) is 1. The van der Waals surface area contributed by atoms with Crippen LogP contribution in [0.4, 0.5) is 5.69 Å². The van der Waals surface area contributed by atoms with Crippen LogP contribution in [0.1, 0.15) is 23.1 Å². The number of nitrogens with zero attached hydrogens (tertiary/aromatic N) is 1. The Morgan fingerprint density at radius 3 is 2.80 bits per heavy atom. The van der Waals surface area contributed by atoms with E-state index in [1.165, 1.54) is 11.1 Å². The molecular weight excluding hydrogens is 272 g/mol. The Morgan fingerprint density at radius 2 is 2.05 bits per heavy atom. The average Bonchev–Trinajstić information content (AvgIpc) is 2.42. The number of hydrogen-bond acceptors (Lipinski definition) is 2. The number of pyridine rings is 1. The number of carbonyl (C=O) groups excluding carboxylic acids is 1. The largest absolute Gasteiger partial charge is 0.323 e. The maximum absolute atomic E-state index is 12.0. The number of carbonyl (C=O) groups is 1. The fourth-order valence-corrected chi connectivity index (χ4v) is 2.14. The molecule has 1 N–H and O–H groups in total. The normalized spacial score (nSPS) is 10.3. The number of rotatable bonds is 4. The summed E-state index contributed by atoms with van der Waals surface area (Å²) >= 11 is 5.96. The summed E-state index contributed by atoms with van der Waals surface area (Å²) in [5.74, 6) is -0.0532. The zero-order valence-electron chi connectivity index (χ0n) is 11.6. The second-order valence-electron chi connectivity index (χ2n) is 4.83. The average molecular weight is 289 g/mol. The zero-order chi connectivity index (χ0) is 14.5. The van der Waals surface area contributed by atoms with E-state index >= 15 is 0 Å². The topological polar surface area (TPSA) is 42.0 Å². The van der Waals surface area contributed by atoms with E-state index in [4.69, 9.17) is 11.6 Å². The summed E-state index contributed by atoms with van der Waals surface area (Å²) in [7, 11) is 0. The molecule has 0 saturated carbocycles. The van der Waals surface area contributed by atoms with Crippen LogP contribution in [0.15, 0.2) is 36.5 Å². The lowest BCUT2D eigenvalue weighted by atomic mass is 10.0.